The van der Waals surface area contributed by atoms with Crippen molar-refractivity contribution in [2.24, 2.45) is 0 Å². The lowest BCUT2D eigenvalue weighted by Gasteiger charge is -2.14. The number of fused-ring (bicyclic) bond motifs is 3. The Bertz CT molecular complexity index is 1330. The van der Waals surface area contributed by atoms with Crippen molar-refractivity contribution in [1.29, 1.82) is 0 Å². The van der Waals surface area contributed by atoms with Crippen LogP contribution in [0.5, 0.6) is 5.75 Å². The first-order chi connectivity index (χ1) is 14.5. The smallest absolute Gasteiger partial charge is 0.267 e. The molecule has 0 aliphatic carbocycles. The number of hydrogen-bond acceptors (Lipinski definition) is 5. The molecule has 2 amide bonds. The third kappa shape index (κ3) is 2.64. The highest BCUT2D eigenvalue weighted by Crippen LogP contribution is 2.35. The van der Waals surface area contributed by atoms with Crippen LogP contribution in [0.25, 0.3) is 16.7 Å². The van der Waals surface area contributed by atoms with E-state index in [1.807, 2.05) is 31.2 Å². The highest BCUT2D eigenvalue weighted by Gasteiger charge is 2.40. The van der Waals surface area contributed by atoms with Crippen LogP contribution in [0, 0.1) is 6.92 Å². The zero-order valence-electron chi connectivity index (χ0n) is 16.1. The summed E-state index contributed by atoms with van der Waals surface area (Å²) in [5.74, 6) is -0.137. The molecule has 2 aromatic carbocycles. The van der Waals surface area contributed by atoms with Crippen LogP contribution in [0.2, 0.25) is 0 Å². The number of halogens is 1. The van der Waals surface area contributed by atoms with Gasteiger partial charge < -0.3 is 4.74 Å². The van der Waals surface area contributed by atoms with Crippen molar-refractivity contribution in [1.82, 2.24) is 14.8 Å². The van der Waals surface area contributed by atoms with Crippen LogP contribution >= 0.6 is 15.9 Å². The Morgan fingerprint density at radius 1 is 0.933 bits per heavy atom. The molecule has 3 heterocycles. The maximum atomic E-state index is 13.3. The van der Waals surface area contributed by atoms with Gasteiger partial charge in [-0.25, -0.2) is 14.6 Å². The molecule has 4 aromatic rings. The number of aryl methyl sites for hydroxylation is 1. The molecule has 0 N–H and O–H groups in total. The number of pyridine rings is 1. The number of amides is 2. The predicted molar refractivity (Wildman–Crippen MR) is 115 cm³/mol. The van der Waals surface area contributed by atoms with Gasteiger partial charge in [-0.2, -0.15) is 5.10 Å². The molecule has 0 radical (unpaired) electrons. The van der Waals surface area contributed by atoms with Crippen LogP contribution in [0.3, 0.4) is 0 Å². The monoisotopic (exact) mass is 462 g/mol. The van der Waals surface area contributed by atoms with Crippen molar-refractivity contribution in [3.63, 3.8) is 0 Å². The largest absolute Gasteiger partial charge is 0.497 e. The van der Waals surface area contributed by atoms with Gasteiger partial charge in [0.1, 0.15) is 5.75 Å². The van der Waals surface area contributed by atoms with Gasteiger partial charge in [-0.15, -0.1) is 0 Å². The van der Waals surface area contributed by atoms with E-state index in [-0.39, 0.29) is 11.5 Å². The molecular formula is C22H15BrN4O3. The first kappa shape index (κ1) is 18.5. The van der Waals surface area contributed by atoms with E-state index in [9.17, 15) is 9.59 Å². The fraction of sp³-hybridized carbons (Fsp3) is 0.0909. The van der Waals surface area contributed by atoms with Gasteiger partial charge in [0.05, 0.1) is 40.7 Å². The zero-order valence-corrected chi connectivity index (χ0v) is 17.7. The van der Waals surface area contributed by atoms with Crippen molar-refractivity contribution < 1.29 is 14.3 Å². The third-order valence-corrected chi connectivity index (χ3v) is 5.65. The maximum Gasteiger partial charge on any atom is 0.267 e. The van der Waals surface area contributed by atoms with Gasteiger partial charge in [0.25, 0.3) is 11.8 Å². The molecule has 0 saturated heterocycles. The Labute approximate surface area is 180 Å². The molecular weight excluding hydrogens is 448 g/mol. The highest BCUT2D eigenvalue weighted by atomic mass is 79.9. The number of anilines is 1. The molecule has 1 aliphatic heterocycles. The third-order valence-electron chi connectivity index (χ3n) is 5.12. The van der Waals surface area contributed by atoms with E-state index in [0.717, 1.165) is 10.2 Å². The summed E-state index contributed by atoms with van der Waals surface area (Å²) in [5, 5.41) is 5.18. The first-order valence-electron chi connectivity index (χ1n) is 9.16. The second-order valence-electron chi connectivity index (χ2n) is 6.86. The number of imide groups is 1. The minimum absolute atomic E-state index is 0.279. The molecule has 148 valence electrons. The van der Waals surface area contributed by atoms with E-state index < -0.39 is 5.91 Å². The summed E-state index contributed by atoms with van der Waals surface area (Å²) in [6.45, 7) is 1.81. The molecule has 0 saturated carbocycles. The molecule has 2 aromatic heterocycles. The normalized spacial score (nSPS) is 13.2. The van der Waals surface area contributed by atoms with Crippen LogP contribution < -0.4 is 9.64 Å². The zero-order chi connectivity index (χ0) is 21.0. The Kier molecular flexibility index (Phi) is 4.18. The standard InChI is InChI=1S/C22H15BrN4O3/c1-12-18-19-17(11-24-20(18)27(25-12)15-5-3-13(23)4-6-15)21(28)26(22(19)29)14-7-9-16(30-2)10-8-14/h3-11H,1-2H3. The Balaban J connectivity index is 1.67. The number of nitrogens with zero attached hydrogens (tertiary/aromatic N) is 4. The minimum Gasteiger partial charge on any atom is -0.497 e. The Hall–Kier alpha value is -3.52. The van der Waals surface area contributed by atoms with E-state index >= 15 is 0 Å². The summed E-state index contributed by atoms with van der Waals surface area (Å²) < 4.78 is 7.79. The van der Waals surface area contributed by atoms with Gasteiger partial charge in [0.15, 0.2) is 5.65 Å². The van der Waals surface area contributed by atoms with Crippen molar-refractivity contribution in [2.45, 2.75) is 6.92 Å². The molecule has 0 unspecified atom stereocenters. The predicted octanol–water partition coefficient (Wildman–Crippen LogP) is 4.30. The minimum atomic E-state index is -0.398. The van der Waals surface area contributed by atoms with Gasteiger partial charge in [-0.1, -0.05) is 15.9 Å². The lowest BCUT2D eigenvalue weighted by molar-refractivity contribution is 0.0926. The van der Waals surface area contributed by atoms with E-state index in [1.54, 1.807) is 36.1 Å². The molecule has 5 rings (SSSR count). The molecule has 0 bridgehead atoms. The molecule has 0 spiro atoms. The van der Waals surface area contributed by atoms with Crippen molar-refractivity contribution in [3.05, 3.63) is 76.0 Å². The van der Waals surface area contributed by atoms with E-state index in [1.165, 1.54) is 11.1 Å². The van der Waals surface area contributed by atoms with E-state index in [4.69, 9.17) is 4.74 Å². The first-order valence-corrected chi connectivity index (χ1v) is 9.96. The lowest BCUT2D eigenvalue weighted by Crippen LogP contribution is -2.29. The number of carbonyl (C=O) groups is 2. The number of rotatable bonds is 3. The summed E-state index contributed by atoms with van der Waals surface area (Å²) in [6.07, 6.45) is 1.46. The molecule has 30 heavy (non-hydrogen) atoms. The Morgan fingerprint density at radius 2 is 1.60 bits per heavy atom. The van der Waals surface area contributed by atoms with Crippen LogP contribution in [-0.2, 0) is 0 Å². The number of hydrogen-bond donors (Lipinski definition) is 0. The number of methoxy groups -OCH3 is 1. The average Bonchev–Trinajstić information content (AvgIpc) is 3.23. The maximum absolute atomic E-state index is 13.3. The summed E-state index contributed by atoms with van der Waals surface area (Å²) in [4.78, 5) is 32.0. The Morgan fingerprint density at radius 3 is 2.27 bits per heavy atom. The molecule has 8 heteroatoms. The summed E-state index contributed by atoms with van der Waals surface area (Å²) in [7, 11) is 1.56. The number of carbonyl (C=O) groups excluding carboxylic acids is 2. The van der Waals surface area contributed by atoms with Gasteiger partial charge in [-0.05, 0) is 55.5 Å². The lowest BCUT2D eigenvalue weighted by atomic mass is 10.1. The summed E-state index contributed by atoms with van der Waals surface area (Å²) in [6, 6.07) is 14.4. The van der Waals surface area contributed by atoms with Gasteiger partial charge in [0.2, 0.25) is 0 Å². The number of ether oxygens (including phenoxy) is 1. The SMILES string of the molecule is COc1ccc(N2C(=O)c3cnc4c(c(C)nn4-c4ccc(Br)cc4)c3C2=O)cc1. The van der Waals surface area contributed by atoms with Crippen LogP contribution in [0.1, 0.15) is 26.4 Å². The quantitative estimate of drug-likeness (QED) is 0.424. The van der Waals surface area contributed by atoms with Crippen LogP contribution in [0.4, 0.5) is 5.69 Å². The van der Waals surface area contributed by atoms with Crippen molar-refractivity contribution in [3.8, 4) is 11.4 Å². The van der Waals surface area contributed by atoms with Gasteiger partial charge >= 0.3 is 0 Å². The van der Waals surface area contributed by atoms with Crippen LogP contribution in [-0.4, -0.2) is 33.7 Å². The second-order valence-corrected chi connectivity index (χ2v) is 7.78. The van der Waals surface area contributed by atoms with Crippen LogP contribution in [0.15, 0.2) is 59.2 Å². The van der Waals surface area contributed by atoms with Gasteiger partial charge in [-0.3, -0.25) is 9.59 Å². The van der Waals surface area contributed by atoms with E-state index in [2.05, 4.69) is 26.0 Å². The summed E-state index contributed by atoms with van der Waals surface area (Å²) in [5.41, 5.74) is 3.07. The van der Waals surface area contributed by atoms with E-state index in [0.29, 0.717) is 33.7 Å². The topological polar surface area (TPSA) is 77.3 Å². The molecule has 0 fully saturated rings. The second kappa shape index (κ2) is 6.77. The van der Waals surface area contributed by atoms with Gasteiger partial charge in [0, 0.05) is 10.7 Å². The highest BCUT2D eigenvalue weighted by molar-refractivity contribution is 9.10. The summed E-state index contributed by atoms with van der Waals surface area (Å²) >= 11 is 3.42. The molecule has 1 aliphatic rings. The average molecular weight is 463 g/mol. The van der Waals surface area contributed by atoms with Crippen molar-refractivity contribution in [2.75, 3.05) is 12.0 Å². The fourth-order valence-electron chi connectivity index (χ4n) is 3.69. The number of aromatic nitrogens is 3. The molecule has 7 nitrogen and oxygen atoms in total. The fourth-order valence-corrected chi connectivity index (χ4v) is 3.95. The number of benzene rings is 2. The van der Waals surface area contributed by atoms with Crippen molar-refractivity contribution >= 4 is 44.5 Å². The molecule has 0 atom stereocenters.